The molecule has 0 radical (unpaired) electrons. The van der Waals surface area contributed by atoms with E-state index in [0.29, 0.717) is 0 Å². The fourth-order valence-electron chi connectivity index (χ4n) is 4.78. The zero-order valence-electron chi connectivity index (χ0n) is 18.0. The van der Waals surface area contributed by atoms with Crippen molar-refractivity contribution in [3.8, 4) is 0 Å². The highest BCUT2D eigenvalue weighted by molar-refractivity contribution is 8.03. The molecule has 4 aliphatic rings. The quantitative estimate of drug-likeness (QED) is 0.539. The molecule has 0 amide bonds. The van der Waals surface area contributed by atoms with E-state index < -0.39 is 0 Å². The molecule has 1 saturated heterocycles. The number of anilines is 1. The summed E-state index contributed by atoms with van der Waals surface area (Å²) in [6, 6.07) is 8.11. The van der Waals surface area contributed by atoms with Gasteiger partial charge in [0, 0.05) is 35.1 Å². The van der Waals surface area contributed by atoms with Crippen molar-refractivity contribution in [2.45, 2.75) is 32.1 Å². The second kappa shape index (κ2) is 9.23. The first-order valence-electron chi connectivity index (χ1n) is 11.4. The molecular weight excluding hydrogens is 396 g/mol. The predicted octanol–water partition coefficient (Wildman–Crippen LogP) is 6.80. The molecule has 0 unspecified atom stereocenters. The third-order valence-corrected chi connectivity index (χ3v) is 7.66. The molecule has 31 heavy (non-hydrogen) atoms. The molecule has 1 aromatic carbocycles. The molecule has 2 nitrogen and oxygen atoms in total. The number of allylic oxidation sites excluding steroid dienone is 10. The molecule has 2 heterocycles. The third-order valence-electron chi connectivity index (χ3n) is 6.44. The maximum Gasteiger partial charge on any atom is 0.0359 e. The first kappa shape index (κ1) is 20.3. The minimum Gasteiger partial charge on any atom is -0.399 e. The van der Waals surface area contributed by atoms with Gasteiger partial charge in [-0.3, -0.25) is 0 Å². The summed E-state index contributed by atoms with van der Waals surface area (Å²) >= 11 is 2.04. The zero-order chi connectivity index (χ0) is 21.0. The average molecular weight is 427 g/mol. The van der Waals surface area contributed by atoms with Crippen molar-refractivity contribution in [1.82, 2.24) is 4.90 Å². The van der Waals surface area contributed by atoms with E-state index in [9.17, 15) is 0 Å². The van der Waals surface area contributed by atoms with E-state index in [1.165, 1.54) is 46.5 Å². The fraction of sp³-hybridized carbons (Fsp3) is 0.286. The van der Waals surface area contributed by atoms with Gasteiger partial charge in [-0.05, 0) is 72.1 Å². The summed E-state index contributed by atoms with van der Waals surface area (Å²) in [4.78, 5) is 4.12. The minimum atomic E-state index is 0.817. The van der Waals surface area contributed by atoms with Crippen LogP contribution in [0.15, 0.2) is 99.7 Å². The summed E-state index contributed by atoms with van der Waals surface area (Å²) < 4.78 is 0. The van der Waals surface area contributed by atoms with Crippen molar-refractivity contribution in [2.24, 2.45) is 0 Å². The van der Waals surface area contributed by atoms with Crippen LogP contribution in [0.2, 0.25) is 0 Å². The third kappa shape index (κ3) is 4.52. The molecule has 3 heteroatoms. The highest BCUT2D eigenvalue weighted by atomic mass is 32.2. The Morgan fingerprint density at radius 2 is 1.94 bits per heavy atom. The van der Waals surface area contributed by atoms with Gasteiger partial charge in [0.1, 0.15) is 0 Å². The van der Waals surface area contributed by atoms with Gasteiger partial charge in [0.05, 0.1) is 0 Å². The summed E-state index contributed by atoms with van der Waals surface area (Å²) in [5, 5.41) is 0. The lowest BCUT2D eigenvalue weighted by atomic mass is 9.92. The average Bonchev–Trinajstić information content (AvgIpc) is 3.00. The maximum absolute atomic E-state index is 5.81. The van der Waals surface area contributed by atoms with E-state index in [2.05, 4.69) is 65.6 Å². The van der Waals surface area contributed by atoms with E-state index in [1.54, 1.807) is 11.3 Å². The van der Waals surface area contributed by atoms with Gasteiger partial charge >= 0.3 is 0 Å². The Kier molecular flexibility index (Phi) is 6.04. The van der Waals surface area contributed by atoms with Crippen molar-refractivity contribution in [3.05, 3.63) is 105 Å². The summed E-state index contributed by atoms with van der Waals surface area (Å²) in [6.45, 7) is 2.12. The van der Waals surface area contributed by atoms with E-state index in [1.807, 2.05) is 23.9 Å². The minimum absolute atomic E-state index is 0.817. The van der Waals surface area contributed by atoms with Crippen LogP contribution in [0.1, 0.15) is 37.7 Å². The Hall–Kier alpha value is -2.65. The molecule has 5 rings (SSSR count). The number of nitrogen functional groups attached to an aromatic ring is 1. The molecule has 1 fully saturated rings. The fourth-order valence-corrected chi connectivity index (χ4v) is 6.03. The number of piperidine rings is 1. The summed E-state index contributed by atoms with van der Waals surface area (Å²) in [5.41, 5.74) is 15.4. The van der Waals surface area contributed by atoms with Gasteiger partial charge in [0.2, 0.25) is 0 Å². The Morgan fingerprint density at radius 3 is 2.84 bits per heavy atom. The SMILES string of the molecule is Nc1ccc(C=CCN2CCCCC2=C2CC=CC3=C2SCC2=CC=CCC2=C3)cc1. The highest BCUT2D eigenvalue weighted by Crippen LogP contribution is 2.43. The first-order chi connectivity index (χ1) is 15.3. The predicted molar refractivity (Wildman–Crippen MR) is 136 cm³/mol. The topological polar surface area (TPSA) is 29.3 Å². The van der Waals surface area contributed by atoms with Gasteiger partial charge < -0.3 is 10.6 Å². The Bertz CT molecular complexity index is 1060. The number of likely N-dealkylation sites (tertiary alicyclic amines) is 1. The van der Waals surface area contributed by atoms with E-state index in [4.69, 9.17) is 5.73 Å². The van der Waals surface area contributed by atoms with Gasteiger partial charge in [-0.2, -0.15) is 0 Å². The normalized spacial score (nSPS) is 23.4. The highest BCUT2D eigenvalue weighted by Gasteiger charge is 2.25. The van der Waals surface area contributed by atoms with Gasteiger partial charge in [0.15, 0.2) is 0 Å². The monoisotopic (exact) mass is 426 g/mol. The molecule has 2 N–H and O–H groups in total. The number of nitrogens with two attached hydrogens (primary N) is 1. The van der Waals surface area contributed by atoms with Crippen LogP contribution in [0.4, 0.5) is 5.69 Å². The lowest BCUT2D eigenvalue weighted by Gasteiger charge is -2.34. The number of rotatable bonds is 3. The van der Waals surface area contributed by atoms with Crippen molar-refractivity contribution < 1.29 is 0 Å². The van der Waals surface area contributed by atoms with Crippen molar-refractivity contribution in [1.29, 1.82) is 0 Å². The van der Waals surface area contributed by atoms with Crippen molar-refractivity contribution in [3.63, 3.8) is 0 Å². The molecule has 0 saturated carbocycles. The van der Waals surface area contributed by atoms with E-state index in [0.717, 1.165) is 37.4 Å². The van der Waals surface area contributed by atoms with Crippen molar-refractivity contribution in [2.75, 3.05) is 24.6 Å². The van der Waals surface area contributed by atoms with Crippen LogP contribution in [0, 0.1) is 0 Å². The molecular formula is C28H30N2S. The Balaban J connectivity index is 1.41. The maximum atomic E-state index is 5.81. The van der Waals surface area contributed by atoms with Crippen LogP contribution >= 0.6 is 11.8 Å². The number of nitrogens with zero attached hydrogens (tertiary/aromatic N) is 1. The van der Waals surface area contributed by atoms with Crippen LogP contribution < -0.4 is 5.73 Å². The van der Waals surface area contributed by atoms with Crippen LogP contribution in [-0.2, 0) is 0 Å². The number of hydrogen-bond acceptors (Lipinski definition) is 3. The van der Waals surface area contributed by atoms with E-state index >= 15 is 0 Å². The molecule has 0 bridgehead atoms. The molecule has 0 spiro atoms. The van der Waals surface area contributed by atoms with Crippen LogP contribution in [0.25, 0.3) is 6.08 Å². The van der Waals surface area contributed by atoms with Crippen LogP contribution in [-0.4, -0.2) is 23.7 Å². The summed E-state index contributed by atoms with van der Waals surface area (Å²) in [7, 11) is 0. The Labute approximate surface area is 190 Å². The molecule has 0 atom stereocenters. The van der Waals surface area contributed by atoms with Gasteiger partial charge in [0.25, 0.3) is 0 Å². The second-order valence-corrected chi connectivity index (χ2v) is 9.56. The summed E-state index contributed by atoms with van der Waals surface area (Å²) in [5.74, 6) is 1.08. The first-order valence-corrected chi connectivity index (χ1v) is 12.4. The van der Waals surface area contributed by atoms with Gasteiger partial charge in [-0.15, -0.1) is 11.8 Å². The molecule has 158 valence electrons. The summed E-state index contributed by atoms with van der Waals surface area (Å²) in [6.07, 6.45) is 24.3. The standard InChI is InChI=1S/C28H30N2S/c29-25-15-13-21(14-16-25)7-6-18-30-17-4-3-12-27(30)26-11-5-10-23-19-22-8-1-2-9-24(22)20-31-28(23)26/h1-2,5-7,9-10,13-16,19H,3-4,8,11-12,17-18,20,29H2. The zero-order valence-corrected chi connectivity index (χ0v) is 18.8. The van der Waals surface area contributed by atoms with Crippen LogP contribution in [0.3, 0.4) is 0 Å². The number of benzene rings is 1. The van der Waals surface area contributed by atoms with Gasteiger partial charge in [-0.1, -0.05) is 60.7 Å². The Morgan fingerprint density at radius 1 is 1.03 bits per heavy atom. The molecule has 2 aliphatic carbocycles. The second-order valence-electron chi connectivity index (χ2n) is 8.57. The lowest BCUT2D eigenvalue weighted by Crippen LogP contribution is -2.29. The number of thioether (sulfide) groups is 1. The van der Waals surface area contributed by atoms with Crippen molar-refractivity contribution >= 4 is 23.5 Å². The van der Waals surface area contributed by atoms with E-state index in [-0.39, 0.29) is 0 Å². The molecule has 1 aromatic rings. The largest absolute Gasteiger partial charge is 0.399 e. The smallest absolute Gasteiger partial charge is 0.0359 e. The number of hydrogen-bond donors (Lipinski definition) is 1. The van der Waals surface area contributed by atoms with Crippen LogP contribution in [0.5, 0.6) is 0 Å². The molecule has 0 aromatic heterocycles. The van der Waals surface area contributed by atoms with Gasteiger partial charge in [-0.25, -0.2) is 0 Å². The number of fused-ring (bicyclic) bond motifs is 1. The molecule has 2 aliphatic heterocycles. The lowest BCUT2D eigenvalue weighted by molar-refractivity contribution is 0.313.